The van der Waals surface area contributed by atoms with Crippen molar-refractivity contribution >= 4 is 5.78 Å². The second-order valence-corrected chi connectivity index (χ2v) is 11.9. The van der Waals surface area contributed by atoms with Crippen molar-refractivity contribution < 1.29 is 19.7 Å². The Kier molecular flexibility index (Phi) is 6.19. The average Bonchev–Trinajstić information content (AvgIpc) is 3.37. The van der Waals surface area contributed by atoms with E-state index in [9.17, 15) is 15.0 Å². The van der Waals surface area contributed by atoms with Crippen LogP contribution in [0, 0.1) is 40.9 Å². The largest absolute Gasteiger partial charge is 0.390 e. The highest BCUT2D eigenvalue weighted by atomic mass is 16.6. The molecule has 4 aliphatic carbocycles. The summed E-state index contributed by atoms with van der Waals surface area (Å²) in [6, 6.07) is 0. The monoisotopic (exact) mass is 459 g/mol. The molecule has 0 bridgehead atoms. The molecule has 0 saturated heterocycles. The summed E-state index contributed by atoms with van der Waals surface area (Å²) in [4.78, 5) is 14.8. The number of nitrogens with zero attached hydrogens (tertiary/aromatic N) is 3. The van der Waals surface area contributed by atoms with Gasteiger partial charge in [-0.05, 0) is 107 Å². The topological polar surface area (TPSA) is 97.5 Å². The number of carbonyl (C=O) groups is 1. The van der Waals surface area contributed by atoms with Crippen LogP contribution < -0.4 is 0 Å². The molecule has 184 valence electrons. The third-order valence-corrected chi connectivity index (χ3v) is 10.1. The van der Waals surface area contributed by atoms with Crippen LogP contribution in [0.2, 0.25) is 0 Å². The first-order valence-corrected chi connectivity index (χ1v) is 13.2. The number of ketones is 1. The Morgan fingerprint density at radius 1 is 1.15 bits per heavy atom. The fourth-order valence-corrected chi connectivity index (χ4v) is 8.60. The van der Waals surface area contributed by atoms with E-state index in [1.54, 1.807) is 0 Å². The van der Waals surface area contributed by atoms with E-state index in [0.717, 1.165) is 49.9 Å². The number of aromatic nitrogens is 3. The smallest absolute Gasteiger partial charge is 0.202 e. The number of aliphatic hydroxyl groups is 2. The predicted octanol–water partition coefficient (Wildman–Crippen LogP) is 3.89. The van der Waals surface area contributed by atoms with Crippen LogP contribution >= 0.6 is 0 Å². The third-order valence-electron chi connectivity index (χ3n) is 10.1. The van der Waals surface area contributed by atoms with Gasteiger partial charge in [-0.1, -0.05) is 6.92 Å². The van der Waals surface area contributed by atoms with Crippen molar-refractivity contribution in [2.45, 2.75) is 97.0 Å². The summed E-state index contributed by atoms with van der Waals surface area (Å²) >= 11 is 0. The van der Waals surface area contributed by atoms with Crippen LogP contribution in [-0.4, -0.2) is 43.2 Å². The Balaban J connectivity index is 1.26. The Morgan fingerprint density at radius 3 is 2.73 bits per heavy atom. The van der Waals surface area contributed by atoms with Crippen molar-refractivity contribution in [3.05, 3.63) is 11.9 Å². The molecule has 33 heavy (non-hydrogen) atoms. The number of aliphatic hydroxyl groups excluding tert-OH is 1. The molecule has 4 fully saturated rings. The zero-order valence-electron chi connectivity index (χ0n) is 20.4. The van der Waals surface area contributed by atoms with Crippen LogP contribution in [-0.2, 0) is 16.1 Å². The van der Waals surface area contributed by atoms with Crippen LogP contribution in [0.5, 0.6) is 0 Å². The van der Waals surface area contributed by atoms with Crippen molar-refractivity contribution in [3.63, 3.8) is 0 Å². The maximum absolute atomic E-state index is 13.4. The zero-order valence-corrected chi connectivity index (χ0v) is 20.4. The Hall–Kier alpha value is -1.31. The quantitative estimate of drug-likeness (QED) is 0.626. The Bertz CT molecular complexity index is 869. The SMILES string of the molecule is CCOC(O)c1cnn(CC(=O)[C@H]2CC[C@H]3[C@@H]4CC[C@@H]5C[C@](C)(O)CC[C@@H]5[C@H]4CC[C@]23C)n1. The van der Waals surface area contributed by atoms with E-state index in [2.05, 4.69) is 17.1 Å². The van der Waals surface area contributed by atoms with Gasteiger partial charge in [-0.2, -0.15) is 15.0 Å². The summed E-state index contributed by atoms with van der Waals surface area (Å²) in [7, 11) is 0. The van der Waals surface area contributed by atoms with Gasteiger partial charge >= 0.3 is 0 Å². The Labute approximate surface area is 197 Å². The molecule has 1 aromatic rings. The minimum atomic E-state index is -1.10. The van der Waals surface area contributed by atoms with Crippen molar-refractivity contribution in [1.82, 2.24) is 15.0 Å². The molecular formula is C26H41N3O4. The van der Waals surface area contributed by atoms with Crippen LogP contribution in [0.4, 0.5) is 0 Å². The highest BCUT2D eigenvalue weighted by molar-refractivity contribution is 5.82. The van der Waals surface area contributed by atoms with Crippen molar-refractivity contribution in [2.75, 3.05) is 6.61 Å². The van der Waals surface area contributed by atoms with E-state index in [0.29, 0.717) is 24.1 Å². The first-order chi connectivity index (χ1) is 15.7. The number of fused-ring (bicyclic) bond motifs is 5. The first kappa shape index (κ1) is 23.4. The molecule has 5 rings (SSSR count). The molecule has 0 amide bonds. The van der Waals surface area contributed by atoms with Gasteiger partial charge in [-0.3, -0.25) is 4.79 Å². The molecule has 0 aliphatic heterocycles. The maximum atomic E-state index is 13.4. The molecule has 9 atom stereocenters. The highest BCUT2D eigenvalue weighted by Gasteiger charge is 2.58. The molecule has 2 N–H and O–H groups in total. The highest BCUT2D eigenvalue weighted by Crippen LogP contribution is 2.64. The summed E-state index contributed by atoms with van der Waals surface area (Å²) in [6.07, 6.45) is 10.5. The van der Waals surface area contributed by atoms with E-state index in [-0.39, 0.29) is 23.7 Å². The fraction of sp³-hybridized carbons (Fsp3) is 0.885. The summed E-state index contributed by atoms with van der Waals surface area (Å²) in [5.74, 6) is 3.91. The lowest BCUT2D eigenvalue weighted by molar-refractivity contribution is -0.133. The van der Waals surface area contributed by atoms with Gasteiger partial charge in [0.1, 0.15) is 12.2 Å². The lowest BCUT2D eigenvalue weighted by atomic mass is 9.49. The minimum Gasteiger partial charge on any atom is -0.390 e. The molecule has 0 spiro atoms. The molecule has 1 aromatic heterocycles. The standard InChI is InChI=1S/C26H41N3O4/c1-4-33-24(31)22-14-27-29(28-22)15-23(30)21-8-7-20-19-6-5-16-13-25(2,32)11-9-17(16)18(19)10-12-26(20,21)3/h14,16-21,24,31-32H,4-13,15H2,1-3H3/t16-,17+,18-,19-,20+,21-,24?,25-,26+/m1/s1. The van der Waals surface area contributed by atoms with Crippen molar-refractivity contribution in [1.29, 1.82) is 0 Å². The van der Waals surface area contributed by atoms with Crippen LogP contribution in [0.15, 0.2) is 6.20 Å². The van der Waals surface area contributed by atoms with Gasteiger partial charge in [0.05, 0.1) is 11.8 Å². The molecule has 7 nitrogen and oxygen atoms in total. The maximum Gasteiger partial charge on any atom is 0.202 e. The number of ether oxygens (including phenoxy) is 1. The lowest BCUT2D eigenvalue weighted by Gasteiger charge is -2.56. The molecule has 0 radical (unpaired) electrons. The molecular weight excluding hydrogens is 418 g/mol. The normalized spacial score (nSPS) is 43.4. The third kappa shape index (κ3) is 4.19. The second-order valence-electron chi connectivity index (χ2n) is 11.9. The van der Waals surface area contributed by atoms with Gasteiger partial charge in [0, 0.05) is 12.5 Å². The molecule has 1 heterocycles. The van der Waals surface area contributed by atoms with E-state index < -0.39 is 11.9 Å². The van der Waals surface area contributed by atoms with E-state index in [4.69, 9.17) is 4.74 Å². The van der Waals surface area contributed by atoms with Gasteiger partial charge < -0.3 is 14.9 Å². The summed E-state index contributed by atoms with van der Waals surface area (Å²) in [6.45, 7) is 6.77. The van der Waals surface area contributed by atoms with Crippen LogP contribution in [0.25, 0.3) is 0 Å². The number of hydrogen-bond donors (Lipinski definition) is 2. The average molecular weight is 460 g/mol. The number of hydrogen-bond acceptors (Lipinski definition) is 6. The predicted molar refractivity (Wildman–Crippen MR) is 123 cm³/mol. The first-order valence-electron chi connectivity index (χ1n) is 13.2. The van der Waals surface area contributed by atoms with Gasteiger partial charge in [-0.15, -0.1) is 0 Å². The van der Waals surface area contributed by atoms with Crippen molar-refractivity contribution in [2.24, 2.45) is 40.9 Å². The minimum absolute atomic E-state index is 0.0690. The summed E-state index contributed by atoms with van der Waals surface area (Å²) in [5, 5.41) is 29.0. The van der Waals surface area contributed by atoms with Gasteiger partial charge in [0.25, 0.3) is 0 Å². The molecule has 4 saturated carbocycles. The molecule has 1 unspecified atom stereocenters. The van der Waals surface area contributed by atoms with Gasteiger partial charge in [0.15, 0.2) is 5.78 Å². The van der Waals surface area contributed by atoms with Gasteiger partial charge in [0.2, 0.25) is 6.29 Å². The second kappa shape index (κ2) is 8.72. The zero-order chi connectivity index (χ0) is 23.4. The number of rotatable bonds is 6. The lowest BCUT2D eigenvalue weighted by Crippen LogP contribution is -2.51. The van der Waals surface area contributed by atoms with Crippen LogP contribution in [0.1, 0.15) is 90.5 Å². The van der Waals surface area contributed by atoms with E-state index in [1.807, 2.05) is 13.8 Å². The summed E-state index contributed by atoms with van der Waals surface area (Å²) < 4.78 is 5.17. The summed E-state index contributed by atoms with van der Waals surface area (Å²) in [5.41, 5.74) is -0.0448. The molecule has 7 heteroatoms. The van der Waals surface area contributed by atoms with Crippen molar-refractivity contribution in [3.8, 4) is 0 Å². The van der Waals surface area contributed by atoms with Gasteiger partial charge in [-0.25, -0.2) is 0 Å². The fourth-order valence-electron chi connectivity index (χ4n) is 8.60. The molecule has 0 aromatic carbocycles. The van der Waals surface area contributed by atoms with E-state index in [1.165, 1.54) is 36.7 Å². The number of Topliss-reactive ketones (excluding diaryl/α,β-unsaturated/α-hetero) is 1. The number of carbonyl (C=O) groups excluding carboxylic acids is 1. The Morgan fingerprint density at radius 2 is 1.94 bits per heavy atom. The van der Waals surface area contributed by atoms with E-state index >= 15 is 0 Å². The molecule has 4 aliphatic rings. The van der Waals surface area contributed by atoms with Crippen LogP contribution in [0.3, 0.4) is 0 Å².